The van der Waals surface area contributed by atoms with Crippen molar-refractivity contribution in [2.45, 2.75) is 95.4 Å². The molecule has 1 aliphatic carbocycles. The summed E-state index contributed by atoms with van der Waals surface area (Å²) in [6, 6.07) is 7.29. The fraction of sp³-hybridized carbons (Fsp3) is 0.467. The number of benzene rings is 3. The molecule has 61 heavy (non-hydrogen) atoms. The lowest BCUT2D eigenvalue weighted by Crippen LogP contribution is -2.55. The van der Waals surface area contributed by atoms with Crippen LogP contribution in [0.5, 0.6) is 0 Å². The molecule has 3 atom stereocenters. The van der Waals surface area contributed by atoms with Gasteiger partial charge in [-0.1, -0.05) is 6.07 Å². The van der Waals surface area contributed by atoms with Gasteiger partial charge < -0.3 is 4.90 Å². The number of aromatic amines is 1. The van der Waals surface area contributed by atoms with Gasteiger partial charge in [-0.2, -0.15) is 5.10 Å². The maximum Gasteiger partial charge on any atom is 0.262 e. The van der Waals surface area contributed by atoms with Crippen LogP contribution in [-0.4, -0.2) is 104 Å². The van der Waals surface area contributed by atoms with Crippen molar-refractivity contribution >= 4 is 40.4 Å². The Bertz CT molecular complexity index is 2450. The van der Waals surface area contributed by atoms with Crippen LogP contribution in [0, 0.1) is 23.5 Å². The number of imide groups is 2. The molecule has 0 bridgehead atoms. The van der Waals surface area contributed by atoms with E-state index in [2.05, 4.69) is 20.4 Å². The minimum Gasteiger partial charge on any atom is -0.342 e. The third-order valence-electron chi connectivity index (χ3n) is 14.1. The summed E-state index contributed by atoms with van der Waals surface area (Å²) >= 11 is 0. The maximum absolute atomic E-state index is 16.3. The van der Waals surface area contributed by atoms with Gasteiger partial charge in [-0.25, -0.2) is 17.6 Å². The molecule has 1 unspecified atom stereocenters. The molecule has 2 N–H and O–H groups in total. The summed E-state index contributed by atoms with van der Waals surface area (Å²) < 4.78 is 60.3. The molecule has 6 aliphatic rings. The van der Waals surface area contributed by atoms with Crippen LogP contribution >= 0.6 is 0 Å². The van der Waals surface area contributed by atoms with Crippen molar-refractivity contribution in [3.63, 3.8) is 0 Å². The SMILES string of the molecule is C[C@@H]1Cc2c(ccc3[nH]ncc23)[C@@H](c2c(F)cc(C3CCC(C(=O)N4CC(CN5Cc6cc7c(cc6C5)C(=O)N(C5CCC(=O)NC5=O)C7=O)C4)CC3)cc2F)N1CC(F)F. The Morgan fingerprint density at radius 1 is 0.902 bits per heavy atom. The summed E-state index contributed by atoms with van der Waals surface area (Å²) in [6.45, 7) is 4.35. The largest absolute Gasteiger partial charge is 0.342 e. The standard InChI is InChI=1S/C45H45F4N7O5/c1-22-10-30-29(6-7-36-33(30)15-50-52-36)41(55(22)21-38(48)49)40-34(46)13-26(14-35(40)47)24-2-4-25(5-3-24)43(59)54-17-23(18-54)16-53-19-27-11-31-32(12-28(27)20-53)45(61)56(44(31)60)37-8-9-39(57)51-42(37)58/h6-7,11-15,22-25,37-38,41H,2-5,8-10,16-21H2,1H3,(H,50,52)(H,51,57,58)/t22-,24?,25?,37?,41+/m1/s1. The monoisotopic (exact) mass is 839 g/mol. The van der Waals surface area contributed by atoms with E-state index < -0.39 is 66.4 Å². The number of carbonyl (C=O) groups excluding carboxylic acids is 5. The quantitative estimate of drug-likeness (QED) is 0.173. The number of piperidine rings is 1. The number of rotatable bonds is 8. The van der Waals surface area contributed by atoms with E-state index >= 15 is 8.78 Å². The van der Waals surface area contributed by atoms with Gasteiger partial charge in [0.15, 0.2) is 0 Å². The van der Waals surface area contributed by atoms with Gasteiger partial charge in [0.1, 0.15) is 17.7 Å². The van der Waals surface area contributed by atoms with E-state index in [9.17, 15) is 32.8 Å². The van der Waals surface area contributed by atoms with Gasteiger partial charge in [-0.15, -0.1) is 0 Å². The molecule has 10 rings (SSSR count). The van der Waals surface area contributed by atoms with E-state index in [4.69, 9.17) is 0 Å². The number of nitrogens with zero attached hydrogens (tertiary/aromatic N) is 5. The Hall–Kier alpha value is -5.48. The van der Waals surface area contributed by atoms with E-state index in [-0.39, 0.29) is 53.2 Å². The van der Waals surface area contributed by atoms with Gasteiger partial charge in [0.05, 0.1) is 35.4 Å². The van der Waals surface area contributed by atoms with E-state index in [0.29, 0.717) is 69.4 Å². The molecule has 3 fully saturated rings. The predicted molar refractivity (Wildman–Crippen MR) is 212 cm³/mol. The van der Waals surface area contributed by atoms with Crippen LogP contribution in [0.2, 0.25) is 0 Å². The molecule has 2 saturated heterocycles. The maximum atomic E-state index is 16.3. The van der Waals surface area contributed by atoms with Crippen molar-refractivity contribution < 1.29 is 41.5 Å². The Labute approximate surface area is 348 Å². The first kappa shape index (κ1) is 39.6. The van der Waals surface area contributed by atoms with Gasteiger partial charge in [0.2, 0.25) is 17.7 Å². The first-order chi connectivity index (χ1) is 29.3. The summed E-state index contributed by atoms with van der Waals surface area (Å²) in [5, 5.41) is 10.1. The van der Waals surface area contributed by atoms with Gasteiger partial charge in [-0.05, 0) is 110 Å². The van der Waals surface area contributed by atoms with Gasteiger partial charge in [0.25, 0.3) is 18.2 Å². The van der Waals surface area contributed by atoms with Crippen LogP contribution in [0.3, 0.4) is 0 Å². The third-order valence-corrected chi connectivity index (χ3v) is 14.1. The van der Waals surface area contributed by atoms with Crippen molar-refractivity contribution in [2.24, 2.45) is 11.8 Å². The number of halogens is 4. The topological polar surface area (TPSA) is 139 Å². The van der Waals surface area contributed by atoms with Gasteiger partial charge >= 0.3 is 0 Å². The van der Waals surface area contributed by atoms with Crippen molar-refractivity contribution in [1.82, 2.24) is 35.1 Å². The molecule has 5 aliphatic heterocycles. The normalized spacial score (nSPS) is 25.9. The second-order valence-electron chi connectivity index (χ2n) is 17.8. The average molecular weight is 840 g/mol. The minimum atomic E-state index is -2.69. The molecule has 5 amide bonds. The fourth-order valence-corrected chi connectivity index (χ4v) is 11.0. The molecule has 318 valence electrons. The molecule has 1 saturated carbocycles. The smallest absolute Gasteiger partial charge is 0.262 e. The Morgan fingerprint density at radius 3 is 2.21 bits per heavy atom. The first-order valence-corrected chi connectivity index (χ1v) is 21.2. The molecular formula is C45H45F4N7O5. The lowest BCUT2D eigenvalue weighted by molar-refractivity contribution is -0.143. The Morgan fingerprint density at radius 2 is 1.57 bits per heavy atom. The lowest BCUT2D eigenvalue weighted by atomic mass is 9.77. The second kappa shape index (κ2) is 15.2. The highest BCUT2D eigenvalue weighted by atomic mass is 19.3. The molecule has 6 heterocycles. The Balaban J connectivity index is 0.743. The molecular weight excluding hydrogens is 795 g/mol. The highest BCUT2D eigenvalue weighted by molar-refractivity contribution is 6.23. The number of carbonyl (C=O) groups is 5. The van der Waals surface area contributed by atoms with Crippen molar-refractivity contribution in [3.05, 3.63) is 98.7 Å². The molecule has 3 aromatic carbocycles. The van der Waals surface area contributed by atoms with Gasteiger partial charge in [0, 0.05) is 68.0 Å². The van der Waals surface area contributed by atoms with E-state index in [1.807, 2.05) is 4.90 Å². The second-order valence-corrected chi connectivity index (χ2v) is 17.8. The van der Waals surface area contributed by atoms with Crippen molar-refractivity contribution in [1.29, 1.82) is 0 Å². The zero-order chi connectivity index (χ0) is 42.4. The van der Waals surface area contributed by atoms with E-state index in [1.165, 1.54) is 17.0 Å². The molecule has 16 heteroatoms. The predicted octanol–water partition coefficient (Wildman–Crippen LogP) is 5.59. The third kappa shape index (κ3) is 6.82. The number of hydrogen-bond acceptors (Lipinski definition) is 8. The van der Waals surface area contributed by atoms with Crippen LogP contribution < -0.4 is 5.32 Å². The first-order valence-electron chi connectivity index (χ1n) is 21.2. The number of hydrogen-bond donors (Lipinski definition) is 2. The van der Waals surface area contributed by atoms with E-state index in [0.717, 1.165) is 39.0 Å². The highest BCUT2D eigenvalue weighted by Crippen LogP contribution is 2.45. The van der Waals surface area contributed by atoms with Crippen LogP contribution in [0.1, 0.15) is 112 Å². The minimum absolute atomic E-state index is 0.0601. The summed E-state index contributed by atoms with van der Waals surface area (Å²) in [4.78, 5) is 70.9. The lowest BCUT2D eigenvalue weighted by Gasteiger charge is -2.43. The number of alkyl halides is 2. The average Bonchev–Trinajstić information content (AvgIpc) is 3.92. The van der Waals surface area contributed by atoms with Crippen LogP contribution in [0.25, 0.3) is 10.9 Å². The molecule has 12 nitrogen and oxygen atoms in total. The van der Waals surface area contributed by atoms with E-state index in [1.54, 1.807) is 37.4 Å². The summed E-state index contributed by atoms with van der Waals surface area (Å²) in [7, 11) is 0. The molecule has 0 spiro atoms. The summed E-state index contributed by atoms with van der Waals surface area (Å²) in [6.07, 6.45) is 1.96. The van der Waals surface area contributed by atoms with Crippen LogP contribution in [0.4, 0.5) is 17.6 Å². The highest BCUT2D eigenvalue weighted by Gasteiger charge is 2.46. The number of amides is 5. The van der Waals surface area contributed by atoms with Gasteiger partial charge in [-0.3, -0.25) is 49.1 Å². The summed E-state index contributed by atoms with van der Waals surface area (Å²) in [5.74, 6) is -3.60. The number of H-pyrrole nitrogens is 1. The molecule has 1 aromatic heterocycles. The number of nitrogens with one attached hydrogen (secondary N) is 2. The zero-order valence-corrected chi connectivity index (χ0v) is 33.6. The van der Waals surface area contributed by atoms with Crippen molar-refractivity contribution in [2.75, 3.05) is 26.2 Å². The zero-order valence-electron chi connectivity index (χ0n) is 33.6. The summed E-state index contributed by atoms with van der Waals surface area (Å²) in [5.41, 5.74) is 4.93. The van der Waals surface area contributed by atoms with Crippen LogP contribution in [-0.2, 0) is 33.9 Å². The molecule has 4 aromatic rings. The van der Waals surface area contributed by atoms with Crippen LogP contribution in [0.15, 0.2) is 42.6 Å². The number of fused-ring (bicyclic) bond motifs is 5. The number of aromatic nitrogens is 2. The fourth-order valence-electron chi connectivity index (χ4n) is 11.0. The number of likely N-dealkylation sites (tertiary alicyclic amines) is 1. The molecule has 0 radical (unpaired) electrons. The van der Waals surface area contributed by atoms with Crippen molar-refractivity contribution in [3.8, 4) is 0 Å². The Kier molecular flexibility index (Phi) is 9.85.